The molecule has 1 saturated heterocycles. The number of amides is 1. The fourth-order valence-electron chi connectivity index (χ4n) is 4.85. The van der Waals surface area contributed by atoms with Gasteiger partial charge in [-0.15, -0.1) is 0 Å². The van der Waals surface area contributed by atoms with Crippen LogP contribution in [0.2, 0.25) is 0 Å². The van der Waals surface area contributed by atoms with E-state index in [-0.39, 0.29) is 5.54 Å². The second kappa shape index (κ2) is 5.91. The Morgan fingerprint density at radius 2 is 1.90 bits per heavy atom. The molecule has 21 heavy (non-hydrogen) atoms. The molecule has 3 fully saturated rings. The average molecular weight is 292 g/mol. The maximum Gasteiger partial charge on any atom is 0.244 e. The van der Waals surface area contributed by atoms with Crippen molar-refractivity contribution < 1.29 is 4.79 Å². The molecule has 0 bridgehead atoms. The molecule has 0 radical (unpaired) electrons. The lowest BCUT2D eigenvalue weighted by molar-refractivity contribution is -0.136. The normalized spacial score (nSPS) is 39.4. The Morgan fingerprint density at radius 3 is 2.52 bits per heavy atom. The van der Waals surface area contributed by atoms with Gasteiger partial charge in [0.1, 0.15) is 0 Å². The summed E-state index contributed by atoms with van der Waals surface area (Å²) in [6.07, 6.45) is 10.8. The minimum absolute atomic E-state index is 0.188. The van der Waals surface area contributed by atoms with Gasteiger partial charge in [0.2, 0.25) is 5.91 Å². The molecule has 2 saturated carbocycles. The van der Waals surface area contributed by atoms with E-state index < -0.39 is 0 Å². The number of carbonyl (C=O) groups excluding carboxylic acids is 1. The van der Waals surface area contributed by atoms with Crippen molar-refractivity contribution in [2.75, 3.05) is 0 Å². The third-order valence-corrected chi connectivity index (χ3v) is 6.41. The highest BCUT2D eigenvalue weighted by Gasteiger charge is 2.53. The molecule has 1 aliphatic heterocycles. The fourth-order valence-corrected chi connectivity index (χ4v) is 4.85. The van der Waals surface area contributed by atoms with Crippen LogP contribution in [0.1, 0.15) is 78.6 Å². The first-order valence-electron chi connectivity index (χ1n) is 9.18. The Balaban J connectivity index is 1.79. The van der Waals surface area contributed by atoms with E-state index in [1.165, 1.54) is 32.1 Å². The summed E-state index contributed by atoms with van der Waals surface area (Å²) in [4.78, 5) is 15.5. The maximum atomic E-state index is 13.2. The topological polar surface area (TPSA) is 32.3 Å². The third-order valence-electron chi connectivity index (χ3n) is 6.41. The van der Waals surface area contributed by atoms with E-state index in [4.69, 9.17) is 0 Å². The highest BCUT2D eigenvalue weighted by molar-refractivity contribution is 5.89. The summed E-state index contributed by atoms with van der Waals surface area (Å²) in [7, 11) is 0. The number of hydrogen-bond donors (Lipinski definition) is 1. The number of hydrogen-bond acceptors (Lipinski definition) is 2. The molecular weight excluding hydrogens is 260 g/mol. The molecule has 3 rings (SSSR count). The maximum absolute atomic E-state index is 13.2. The summed E-state index contributed by atoms with van der Waals surface area (Å²) < 4.78 is 0. The lowest BCUT2D eigenvalue weighted by atomic mass is 9.78. The van der Waals surface area contributed by atoms with Crippen molar-refractivity contribution >= 4 is 5.91 Å². The summed E-state index contributed by atoms with van der Waals surface area (Å²) in [6, 6.07) is 0.479. The molecule has 0 aromatic carbocycles. The van der Waals surface area contributed by atoms with E-state index in [9.17, 15) is 4.79 Å². The van der Waals surface area contributed by atoms with Gasteiger partial charge in [0.15, 0.2) is 0 Å². The molecule has 1 N–H and O–H groups in total. The van der Waals surface area contributed by atoms with Gasteiger partial charge in [-0.05, 0) is 50.4 Å². The standard InChI is InChI=1S/C18H32N2O/c1-4-7-16-19-18(10-5-6-11-18)17(21)20(16)15-9-8-13(2)14(3)12-15/h13-16,19H,4-12H2,1-3H3. The molecule has 0 aromatic heterocycles. The summed E-state index contributed by atoms with van der Waals surface area (Å²) in [5.41, 5.74) is -0.188. The fraction of sp³-hybridized carbons (Fsp3) is 0.944. The predicted octanol–water partition coefficient (Wildman–Crippen LogP) is 3.68. The molecule has 3 heteroatoms. The Morgan fingerprint density at radius 1 is 1.19 bits per heavy atom. The Bertz CT molecular complexity index is 389. The van der Waals surface area contributed by atoms with Crippen LogP contribution in [0.3, 0.4) is 0 Å². The molecule has 1 heterocycles. The van der Waals surface area contributed by atoms with Crippen LogP contribution in [0.5, 0.6) is 0 Å². The van der Waals surface area contributed by atoms with Crippen molar-refractivity contribution in [3.05, 3.63) is 0 Å². The first-order chi connectivity index (χ1) is 10.1. The predicted molar refractivity (Wildman–Crippen MR) is 85.8 cm³/mol. The van der Waals surface area contributed by atoms with Gasteiger partial charge < -0.3 is 4.90 Å². The molecule has 1 amide bonds. The number of rotatable bonds is 3. The molecule has 4 unspecified atom stereocenters. The van der Waals surface area contributed by atoms with Crippen LogP contribution in [0.25, 0.3) is 0 Å². The minimum Gasteiger partial charge on any atom is -0.323 e. The van der Waals surface area contributed by atoms with Crippen molar-refractivity contribution in [3.8, 4) is 0 Å². The zero-order chi connectivity index (χ0) is 15.0. The van der Waals surface area contributed by atoms with E-state index in [1.807, 2.05) is 0 Å². The third kappa shape index (κ3) is 2.62. The van der Waals surface area contributed by atoms with Gasteiger partial charge in [0.05, 0.1) is 11.7 Å². The van der Waals surface area contributed by atoms with Crippen LogP contribution < -0.4 is 5.32 Å². The van der Waals surface area contributed by atoms with Crippen LogP contribution in [0.4, 0.5) is 0 Å². The Hall–Kier alpha value is -0.570. The average Bonchev–Trinajstić information content (AvgIpc) is 3.02. The van der Waals surface area contributed by atoms with Gasteiger partial charge in [0, 0.05) is 6.04 Å². The summed E-state index contributed by atoms with van der Waals surface area (Å²) in [6.45, 7) is 6.97. The minimum atomic E-state index is -0.188. The molecule has 0 aromatic rings. The van der Waals surface area contributed by atoms with Crippen molar-refractivity contribution in [2.24, 2.45) is 11.8 Å². The lowest BCUT2D eigenvalue weighted by Crippen LogP contribution is -2.48. The second-order valence-electron chi connectivity index (χ2n) is 7.87. The van der Waals surface area contributed by atoms with Crippen LogP contribution in [-0.4, -0.2) is 28.6 Å². The first-order valence-corrected chi connectivity index (χ1v) is 9.18. The summed E-state index contributed by atoms with van der Waals surface area (Å²) in [5.74, 6) is 2.00. The van der Waals surface area contributed by atoms with Gasteiger partial charge in [-0.25, -0.2) is 0 Å². The van der Waals surface area contributed by atoms with Gasteiger partial charge in [0.25, 0.3) is 0 Å². The smallest absolute Gasteiger partial charge is 0.244 e. The van der Waals surface area contributed by atoms with E-state index in [2.05, 4.69) is 31.0 Å². The molecular formula is C18H32N2O. The molecule has 4 atom stereocenters. The summed E-state index contributed by atoms with van der Waals surface area (Å²) >= 11 is 0. The van der Waals surface area contributed by atoms with Gasteiger partial charge in [-0.3, -0.25) is 10.1 Å². The van der Waals surface area contributed by atoms with Crippen LogP contribution in [-0.2, 0) is 4.79 Å². The SMILES string of the molecule is CCCC1NC2(CCCC2)C(=O)N1C1CCC(C)C(C)C1. The second-order valence-corrected chi connectivity index (χ2v) is 7.87. The van der Waals surface area contributed by atoms with Crippen molar-refractivity contribution in [3.63, 3.8) is 0 Å². The largest absolute Gasteiger partial charge is 0.323 e. The lowest BCUT2D eigenvalue weighted by Gasteiger charge is -2.40. The number of carbonyl (C=O) groups is 1. The monoisotopic (exact) mass is 292 g/mol. The number of nitrogens with zero attached hydrogens (tertiary/aromatic N) is 1. The van der Waals surface area contributed by atoms with E-state index in [0.717, 1.165) is 37.5 Å². The number of nitrogens with one attached hydrogen (secondary N) is 1. The van der Waals surface area contributed by atoms with Crippen molar-refractivity contribution in [1.82, 2.24) is 10.2 Å². The van der Waals surface area contributed by atoms with E-state index >= 15 is 0 Å². The molecule has 120 valence electrons. The quantitative estimate of drug-likeness (QED) is 0.860. The van der Waals surface area contributed by atoms with Crippen LogP contribution in [0, 0.1) is 11.8 Å². The highest BCUT2D eigenvalue weighted by Crippen LogP contribution is 2.41. The van der Waals surface area contributed by atoms with Crippen molar-refractivity contribution in [1.29, 1.82) is 0 Å². The van der Waals surface area contributed by atoms with E-state index in [1.54, 1.807) is 0 Å². The van der Waals surface area contributed by atoms with Gasteiger partial charge in [-0.1, -0.05) is 40.0 Å². The molecule has 3 nitrogen and oxygen atoms in total. The van der Waals surface area contributed by atoms with Gasteiger partial charge >= 0.3 is 0 Å². The van der Waals surface area contributed by atoms with E-state index in [0.29, 0.717) is 18.1 Å². The first kappa shape index (κ1) is 15.3. The Labute approximate surface area is 129 Å². The molecule has 2 aliphatic carbocycles. The molecule has 3 aliphatic rings. The molecule has 1 spiro atoms. The van der Waals surface area contributed by atoms with Gasteiger partial charge in [-0.2, -0.15) is 0 Å². The highest BCUT2D eigenvalue weighted by atomic mass is 16.2. The van der Waals surface area contributed by atoms with Crippen molar-refractivity contribution in [2.45, 2.75) is 96.3 Å². The van der Waals surface area contributed by atoms with Crippen LogP contribution in [0.15, 0.2) is 0 Å². The zero-order valence-electron chi connectivity index (χ0n) is 14.0. The Kier molecular flexibility index (Phi) is 4.31. The summed E-state index contributed by atoms with van der Waals surface area (Å²) in [5, 5.41) is 3.77. The van der Waals surface area contributed by atoms with Crippen LogP contribution >= 0.6 is 0 Å². The zero-order valence-corrected chi connectivity index (χ0v) is 14.0.